The molecule has 0 saturated heterocycles. The van der Waals surface area contributed by atoms with Crippen LogP contribution in [0, 0.1) is 11.3 Å². The van der Waals surface area contributed by atoms with Gasteiger partial charge in [0.2, 0.25) is 0 Å². The molecule has 0 aliphatic heterocycles. The Morgan fingerprint density at radius 1 is 1.65 bits per heavy atom. The Kier molecular flexibility index (Phi) is 5.38. The van der Waals surface area contributed by atoms with E-state index in [0.29, 0.717) is 13.1 Å². The van der Waals surface area contributed by atoms with Crippen molar-refractivity contribution in [1.82, 2.24) is 10.6 Å². The van der Waals surface area contributed by atoms with Crippen molar-refractivity contribution in [3.05, 3.63) is 35.9 Å². The average Bonchev–Trinajstić information content (AvgIpc) is 2.84. The summed E-state index contributed by atoms with van der Waals surface area (Å²) in [5.74, 6) is 0.383. The maximum atomic E-state index is 11.5. The van der Waals surface area contributed by atoms with Crippen LogP contribution in [0.5, 0.6) is 0 Å². The number of carbonyl (C=O) groups excluding carboxylic acids is 1. The summed E-state index contributed by atoms with van der Waals surface area (Å²) >= 11 is 0. The first kappa shape index (κ1) is 12.8. The zero-order valence-corrected chi connectivity index (χ0v) is 9.69. The highest BCUT2D eigenvalue weighted by Crippen LogP contribution is 1.99. The van der Waals surface area contributed by atoms with Gasteiger partial charge < -0.3 is 15.1 Å². The zero-order valence-electron chi connectivity index (χ0n) is 9.69. The minimum atomic E-state index is -0.360. The normalized spacial score (nSPS) is 10.7. The van der Waals surface area contributed by atoms with Gasteiger partial charge >= 0.3 is 0 Å². The molecule has 17 heavy (non-hydrogen) atoms. The molecule has 5 nitrogen and oxygen atoms in total. The molecule has 1 amide bonds. The molecule has 1 aromatic rings. The topological polar surface area (TPSA) is 78.1 Å². The second-order valence-corrected chi connectivity index (χ2v) is 3.39. The van der Waals surface area contributed by atoms with E-state index in [4.69, 9.17) is 9.68 Å². The van der Waals surface area contributed by atoms with Gasteiger partial charge in [0.15, 0.2) is 0 Å². The molecule has 0 fully saturated rings. The van der Waals surface area contributed by atoms with Crippen LogP contribution >= 0.6 is 0 Å². The van der Waals surface area contributed by atoms with Gasteiger partial charge in [-0.1, -0.05) is 6.92 Å². The summed E-state index contributed by atoms with van der Waals surface area (Å²) in [5.41, 5.74) is 0.0602. The number of nitrogens with one attached hydrogen (secondary N) is 2. The third-order valence-corrected chi connectivity index (χ3v) is 2.00. The fraction of sp³-hybridized carbons (Fsp3) is 0.333. The first-order valence-electron chi connectivity index (χ1n) is 5.42. The summed E-state index contributed by atoms with van der Waals surface area (Å²) in [4.78, 5) is 11.5. The summed E-state index contributed by atoms with van der Waals surface area (Å²) in [7, 11) is 0. The molecule has 0 aromatic carbocycles. The van der Waals surface area contributed by atoms with Crippen molar-refractivity contribution in [2.45, 2.75) is 19.9 Å². The van der Waals surface area contributed by atoms with Crippen molar-refractivity contribution in [1.29, 1.82) is 5.26 Å². The van der Waals surface area contributed by atoms with Crippen LogP contribution in [-0.4, -0.2) is 12.5 Å². The Hall–Kier alpha value is -2.22. The van der Waals surface area contributed by atoms with Gasteiger partial charge in [0.1, 0.15) is 17.4 Å². The molecule has 1 aromatic heterocycles. The van der Waals surface area contributed by atoms with E-state index >= 15 is 0 Å². The number of rotatable bonds is 6. The van der Waals surface area contributed by atoms with Crippen molar-refractivity contribution < 1.29 is 9.21 Å². The Morgan fingerprint density at radius 3 is 3.06 bits per heavy atom. The van der Waals surface area contributed by atoms with Crippen LogP contribution in [0.4, 0.5) is 0 Å². The zero-order chi connectivity index (χ0) is 12.5. The molecule has 0 bridgehead atoms. The molecule has 90 valence electrons. The van der Waals surface area contributed by atoms with E-state index in [2.05, 4.69) is 10.6 Å². The summed E-state index contributed by atoms with van der Waals surface area (Å²) in [5, 5.41) is 14.3. The van der Waals surface area contributed by atoms with Crippen LogP contribution in [0.3, 0.4) is 0 Å². The van der Waals surface area contributed by atoms with E-state index < -0.39 is 0 Å². The van der Waals surface area contributed by atoms with E-state index in [-0.39, 0.29) is 11.5 Å². The lowest BCUT2D eigenvalue weighted by Crippen LogP contribution is -2.26. The van der Waals surface area contributed by atoms with E-state index in [1.807, 2.05) is 19.1 Å². The molecule has 0 saturated carbocycles. The first-order valence-corrected chi connectivity index (χ1v) is 5.42. The Balaban J connectivity index is 2.44. The number of hydrogen-bond acceptors (Lipinski definition) is 4. The van der Waals surface area contributed by atoms with Crippen molar-refractivity contribution >= 4 is 5.91 Å². The van der Waals surface area contributed by atoms with E-state index in [0.717, 1.165) is 12.2 Å². The van der Waals surface area contributed by atoms with Gasteiger partial charge in [-0.25, -0.2) is 0 Å². The lowest BCUT2D eigenvalue weighted by molar-refractivity contribution is -0.117. The number of carbonyl (C=O) groups is 1. The number of amides is 1. The molecule has 0 atom stereocenters. The van der Waals surface area contributed by atoms with Crippen molar-refractivity contribution in [3.63, 3.8) is 0 Å². The molecular weight excluding hydrogens is 218 g/mol. The molecule has 2 N–H and O–H groups in total. The number of nitriles is 1. The first-order chi connectivity index (χ1) is 8.27. The fourth-order valence-electron chi connectivity index (χ4n) is 1.15. The minimum Gasteiger partial charge on any atom is -0.467 e. The van der Waals surface area contributed by atoms with Gasteiger partial charge in [-0.15, -0.1) is 0 Å². The highest BCUT2D eigenvalue weighted by molar-refractivity contribution is 5.97. The summed E-state index contributed by atoms with van der Waals surface area (Å²) in [6, 6.07) is 5.43. The van der Waals surface area contributed by atoms with Crippen LogP contribution in [0.25, 0.3) is 0 Å². The van der Waals surface area contributed by atoms with Gasteiger partial charge in [0.05, 0.1) is 12.8 Å². The molecule has 0 aliphatic carbocycles. The van der Waals surface area contributed by atoms with Crippen LogP contribution in [0.15, 0.2) is 34.6 Å². The van der Waals surface area contributed by atoms with Gasteiger partial charge in [-0.05, 0) is 18.6 Å². The Morgan fingerprint density at radius 2 is 2.47 bits per heavy atom. The monoisotopic (exact) mass is 233 g/mol. The second kappa shape index (κ2) is 7.12. The lowest BCUT2D eigenvalue weighted by Gasteiger charge is -2.02. The highest BCUT2D eigenvalue weighted by atomic mass is 16.3. The summed E-state index contributed by atoms with van der Waals surface area (Å²) in [6.07, 6.45) is 3.80. The van der Waals surface area contributed by atoms with Crippen LogP contribution < -0.4 is 10.6 Å². The molecule has 1 rings (SSSR count). The SMILES string of the molecule is CCCNC(=O)/C(C#N)=C\NCc1ccco1. The largest absolute Gasteiger partial charge is 0.467 e. The van der Waals surface area contributed by atoms with Crippen molar-refractivity contribution in [3.8, 4) is 6.07 Å². The van der Waals surface area contributed by atoms with Crippen molar-refractivity contribution in [2.75, 3.05) is 6.54 Å². The molecule has 0 radical (unpaired) electrons. The predicted octanol–water partition coefficient (Wildman–Crippen LogP) is 1.30. The molecular formula is C12H15N3O2. The molecule has 0 aliphatic rings. The average molecular weight is 233 g/mol. The Bertz CT molecular complexity index is 415. The molecule has 1 heterocycles. The minimum absolute atomic E-state index is 0.0602. The number of nitrogens with zero attached hydrogens (tertiary/aromatic N) is 1. The summed E-state index contributed by atoms with van der Waals surface area (Å²) in [6.45, 7) is 2.96. The standard InChI is InChI=1S/C12H15N3O2/c1-2-5-15-12(16)10(7-13)8-14-9-11-4-3-6-17-11/h3-4,6,8,14H,2,5,9H2,1H3,(H,15,16)/b10-8-. The Labute approximate surface area is 100 Å². The third-order valence-electron chi connectivity index (χ3n) is 2.00. The van der Waals surface area contributed by atoms with E-state index in [9.17, 15) is 4.79 Å². The number of hydrogen-bond donors (Lipinski definition) is 2. The molecule has 0 unspecified atom stereocenters. The van der Waals surface area contributed by atoms with Crippen LogP contribution in [0.1, 0.15) is 19.1 Å². The second-order valence-electron chi connectivity index (χ2n) is 3.39. The molecule has 5 heteroatoms. The van der Waals surface area contributed by atoms with E-state index in [1.54, 1.807) is 12.3 Å². The van der Waals surface area contributed by atoms with Crippen LogP contribution in [0.2, 0.25) is 0 Å². The van der Waals surface area contributed by atoms with Gasteiger partial charge in [0, 0.05) is 12.7 Å². The highest BCUT2D eigenvalue weighted by Gasteiger charge is 2.06. The third kappa shape index (κ3) is 4.43. The van der Waals surface area contributed by atoms with Gasteiger partial charge in [-0.2, -0.15) is 5.26 Å². The quantitative estimate of drug-likeness (QED) is 0.573. The van der Waals surface area contributed by atoms with Crippen LogP contribution in [-0.2, 0) is 11.3 Å². The maximum Gasteiger partial charge on any atom is 0.263 e. The fourth-order valence-corrected chi connectivity index (χ4v) is 1.15. The van der Waals surface area contributed by atoms with Gasteiger partial charge in [0.25, 0.3) is 5.91 Å². The number of furan rings is 1. The molecule has 0 spiro atoms. The van der Waals surface area contributed by atoms with Gasteiger partial charge in [-0.3, -0.25) is 4.79 Å². The predicted molar refractivity (Wildman–Crippen MR) is 62.5 cm³/mol. The van der Waals surface area contributed by atoms with E-state index in [1.165, 1.54) is 6.20 Å². The summed E-state index contributed by atoms with van der Waals surface area (Å²) < 4.78 is 5.10. The maximum absolute atomic E-state index is 11.5. The smallest absolute Gasteiger partial charge is 0.263 e. The van der Waals surface area contributed by atoms with Crippen molar-refractivity contribution in [2.24, 2.45) is 0 Å². The lowest BCUT2D eigenvalue weighted by atomic mass is 10.3.